The van der Waals surface area contributed by atoms with Gasteiger partial charge in [0.1, 0.15) is 0 Å². The zero-order valence-electron chi connectivity index (χ0n) is 7.74. The highest BCUT2D eigenvalue weighted by Gasteiger charge is 2.25. The molecule has 1 unspecified atom stereocenters. The molecule has 1 aromatic rings. The lowest BCUT2D eigenvalue weighted by molar-refractivity contribution is 0.462. The van der Waals surface area contributed by atoms with Crippen LogP contribution in [0.1, 0.15) is 0 Å². The van der Waals surface area contributed by atoms with Crippen molar-refractivity contribution in [1.82, 2.24) is 0 Å². The Labute approximate surface area is 87.1 Å². The monoisotopic (exact) mass is 250 g/mol. The molecule has 9 heteroatoms. The van der Waals surface area contributed by atoms with Gasteiger partial charge in [0.2, 0.25) is 0 Å². The van der Waals surface area contributed by atoms with E-state index in [0.29, 0.717) is 5.69 Å². The maximum atomic E-state index is 11.5. The molecule has 7 N–H and O–H groups in total. The second-order valence-corrected chi connectivity index (χ2v) is 6.16. The average molecular weight is 250 g/mol. The van der Waals surface area contributed by atoms with Crippen molar-refractivity contribution >= 4 is 21.0 Å². The Morgan fingerprint density at radius 3 is 2.07 bits per heavy atom. The van der Waals surface area contributed by atoms with Crippen LogP contribution < -0.4 is 21.6 Å². The molecule has 0 aromatic heterocycles. The van der Waals surface area contributed by atoms with E-state index in [-0.39, 0.29) is 0 Å². The minimum absolute atomic E-state index is 0.455. The maximum absolute atomic E-state index is 11.5. The fourth-order valence-corrected chi connectivity index (χ4v) is 3.09. The molecule has 0 saturated heterocycles. The number of nitrogens with two attached hydrogens (primary N) is 3. The van der Waals surface area contributed by atoms with Gasteiger partial charge in [-0.1, -0.05) is 18.2 Å². The van der Waals surface area contributed by atoms with Gasteiger partial charge in [-0.3, -0.25) is 4.57 Å². The maximum Gasteiger partial charge on any atom is 0.370 e. The Hall–Kier alpha value is -0.680. The molecule has 0 radical (unpaired) electrons. The predicted octanol–water partition coefficient (Wildman–Crippen LogP) is 1.21. The fraction of sp³-hybridized carbons (Fsp3) is 0. The largest absolute Gasteiger partial charge is 0.370 e. The van der Waals surface area contributed by atoms with E-state index in [1.807, 2.05) is 0 Å². The zero-order chi connectivity index (χ0) is 11.5. The van der Waals surface area contributed by atoms with Crippen molar-refractivity contribution in [3.8, 4) is 0 Å². The quantitative estimate of drug-likeness (QED) is 0.590. The number of benzene rings is 1. The summed E-state index contributed by atoms with van der Waals surface area (Å²) in [6.07, 6.45) is 0. The minimum Gasteiger partial charge on any atom is -0.303 e. The van der Waals surface area contributed by atoms with E-state index in [4.69, 9.17) is 16.5 Å². The molecule has 84 valence electrons. The topological polar surface area (TPSA) is 133 Å². The standard InChI is InChI=1S/C6H12N4O3P2/c7-14(8,11)13-15(9,12)10-6-4-2-1-3-5-6/h1-5H,(H4,7,8,11)(H3,9,10,12). The third-order valence-corrected chi connectivity index (χ3v) is 3.87. The van der Waals surface area contributed by atoms with Crippen molar-refractivity contribution in [2.75, 3.05) is 5.09 Å². The van der Waals surface area contributed by atoms with Crippen molar-refractivity contribution in [3.63, 3.8) is 0 Å². The highest BCUT2D eigenvalue weighted by molar-refractivity contribution is 7.69. The van der Waals surface area contributed by atoms with Gasteiger partial charge < -0.3 is 5.09 Å². The first-order valence-corrected chi connectivity index (χ1v) is 7.35. The van der Waals surface area contributed by atoms with E-state index in [0.717, 1.165) is 0 Å². The summed E-state index contributed by atoms with van der Waals surface area (Å²) in [5.41, 5.74) is 15.5. The summed E-state index contributed by atoms with van der Waals surface area (Å²) in [5, 5.41) is 2.35. The molecule has 0 bridgehead atoms. The van der Waals surface area contributed by atoms with Crippen LogP contribution in [0.5, 0.6) is 0 Å². The third-order valence-electron chi connectivity index (χ3n) is 1.31. The minimum atomic E-state index is -3.87. The molecule has 1 atom stereocenters. The molecule has 7 nitrogen and oxygen atoms in total. The molecular weight excluding hydrogens is 238 g/mol. The van der Waals surface area contributed by atoms with Crippen LogP contribution in [0.4, 0.5) is 5.69 Å². The van der Waals surface area contributed by atoms with E-state index < -0.39 is 15.3 Å². The summed E-state index contributed by atoms with van der Waals surface area (Å²) in [5.74, 6) is 0. The smallest absolute Gasteiger partial charge is 0.303 e. The Morgan fingerprint density at radius 1 is 1.07 bits per heavy atom. The van der Waals surface area contributed by atoms with Crippen LogP contribution in [0.2, 0.25) is 0 Å². The van der Waals surface area contributed by atoms with Crippen LogP contribution in [-0.4, -0.2) is 0 Å². The van der Waals surface area contributed by atoms with Gasteiger partial charge in [-0.25, -0.2) is 25.4 Å². The van der Waals surface area contributed by atoms with Gasteiger partial charge in [-0.15, -0.1) is 0 Å². The molecular formula is C6H12N4O3P2. The van der Waals surface area contributed by atoms with Gasteiger partial charge in [0, 0.05) is 5.69 Å². The van der Waals surface area contributed by atoms with Crippen molar-refractivity contribution < 1.29 is 13.4 Å². The van der Waals surface area contributed by atoms with E-state index in [2.05, 4.69) is 9.40 Å². The van der Waals surface area contributed by atoms with Gasteiger partial charge in [-0.2, -0.15) is 0 Å². The van der Waals surface area contributed by atoms with Gasteiger partial charge in [0.15, 0.2) is 0 Å². The summed E-state index contributed by atoms with van der Waals surface area (Å²) in [6, 6.07) is 8.39. The summed E-state index contributed by atoms with van der Waals surface area (Å²) in [7, 11) is -7.67. The summed E-state index contributed by atoms with van der Waals surface area (Å²) in [4.78, 5) is 0. The highest BCUT2D eigenvalue weighted by atomic mass is 31.3. The van der Waals surface area contributed by atoms with E-state index in [9.17, 15) is 9.13 Å². The molecule has 15 heavy (non-hydrogen) atoms. The van der Waals surface area contributed by atoms with Crippen molar-refractivity contribution in [2.24, 2.45) is 16.5 Å². The van der Waals surface area contributed by atoms with Crippen LogP contribution in [-0.2, 0) is 13.4 Å². The molecule has 1 aromatic carbocycles. The molecule has 0 amide bonds. The normalized spacial score (nSPS) is 15.7. The lowest BCUT2D eigenvalue weighted by atomic mass is 10.3. The molecule has 0 aliphatic rings. The first kappa shape index (κ1) is 12.4. The summed E-state index contributed by atoms with van der Waals surface area (Å²) < 4.78 is 26.7. The number of anilines is 1. The Balaban J connectivity index is 2.74. The van der Waals surface area contributed by atoms with Crippen LogP contribution in [0.25, 0.3) is 0 Å². The number of hydrogen-bond acceptors (Lipinski definition) is 3. The molecule has 0 aliphatic carbocycles. The first-order chi connectivity index (χ1) is 6.79. The summed E-state index contributed by atoms with van der Waals surface area (Å²) in [6.45, 7) is 0. The van der Waals surface area contributed by atoms with E-state index in [1.165, 1.54) is 0 Å². The fourth-order valence-electron chi connectivity index (χ4n) is 0.903. The Bertz CT molecular complexity index is 418. The first-order valence-electron chi connectivity index (χ1n) is 3.89. The Kier molecular flexibility index (Phi) is 3.67. The number of hydrogen-bond donors (Lipinski definition) is 4. The number of para-hydroxylation sites is 1. The van der Waals surface area contributed by atoms with Crippen molar-refractivity contribution in [1.29, 1.82) is 0 Å². The number of rotatable bonds is 4. The van der Waals surface area contributed by atoms with Crippen LogP contribution in [0, 0.1) is 0 Å². The lowest BCUT2D eigenvalue weighted by Crippen LogP contribution is -2.14. The molecule has 0 heterocycles. The van der Waals surface area contributed by atoms with Crippen molar-refractivity contribution in [3.05, 3.63) is 30.3 Å². The average Bonchev–Trinajstić information content (AvgIpc) is 1.99. The Morgan fingerprint density at radius 2 is 1.60 bits per heavy atom. The van der Waals surface area contributed by atoms with Crippen LogP contribution in [0.3, 0.4) is 0 Å². The van der Waals surface area contributed by atoms with Gasteiger partial charge in [0.05, 0.1) is 0 Å². The van der Waals surface area contributed by atoms with E-state index in [1.54, 1.807) is 30.3 Å². The van der Waals surface area contributed by atoms with Gasteiger partial charge in [-0.05, 0) is 12.1 Å². The lowest BCUT2D eigenvalue weighted by Gasteiger charge is -2.17. The molecule has 0 saturated carbocycles. The van der Waals surface area contributed by atoms with E-state index >= 15 is 0 Å². The SMILES string of the molecule is NP(N)(=O)OP(N)(=O)Nc1ccccc1. The third kappa shape index (κ3) is 5.09. The van der Waals surface area contributed by atoms with Gasteiger partial charge in [0.25, 0.3) is 0 Å². The molecule has 0 aliphatic heterocycles. The highest BCUT2D eigenvalue weighted by Crippen LogP contribution is 2.50. The summed E-state index contributed by atoms with van der Waals surface area (Å²) >= 11 is 0. The zero-order valence-corrected chi connectivity index (χ0v) is 9.53. The van der Waals surface area contributed by atoms with Crippen LogP contribution in [0.15, 0.2) is 30.3 Å². The number of nitrogens with one attached hydrogen (secondary N) is 1. The molecule has 0 spiro atoms. The van der Waals surface area contributed by atoms with Crippen LogP contribution >= 0.6 is 15.3 Å². The molecule has 1 rings (SSSR count). The predicted molar refractivity (Wildman–Crippen MR) is 58.9 cm³/mol. The van der Waals surface area contributed by atoms with Crippen molar-refractivity contribution in [2.45, 2.75) is 0 Å². The second kappa shape index (κ2) is 4.45. The van der Waals surface area contributed by atoms with Gasteiger partial charge >= 0.3 is 15.3 Å². The molecule has 0 fully saturated rings. The second-order valence-electron chi connectivity index (χ2n) is 2.80.